The van der Waals surface area contributed by atoms with Crippen molar-refractivity contribution in [2.45, 2.75) is 25.0 Å². The highest BCUT2D eigenvalue weighted by Gasteiger charge is 2.16. The van der Waals surface area contributed by atoms with Gasteiger partial charge in [0.05, 0.1) is 13.7 Å². The second-order valence-corrected chi connectivity index (χ2v) is 7.21. The normalized spacial score (nSPS) is 11.0. The van der Waals surface area contributed by atoms with Crippen LogP contribution in [0, 0.1) is 5.82 Å². The van der Waals surface area contributed by atoms with Gasteiger partial charge in [-0.3, -0.25) is 4.57 Å². The molecule has 5 nitrogen and oxygen atoms in total. The fourth-order valence-corrected chi connectivity index (χ4v) is 3.49. The summed E-state index contributed by atoms with van der Waals surface area (Å²) in [4.78, 5) is 0. The number of nitrogens with zero attached hydrogens (tertiary/aromatic N) is 3. The molecule has 0 fully saturated rings. The Hall–Kier alpha value is -2.54. The first-order valence-electron chi connectivity index (χ1n) is 8.69. The Bertz CT molecular complexity index is 864. The number of ether oxygens (including phenoxy) is 2. The molecule has 0 spiro atoms. The first-order chi connectivity index (χ1) is 13.1. The summed E-state index contributed by atoms with van der Waals surface area (Å²) in [6.07, 6.45) is 0. The van der Waals surface area contributed by atoms with Gasteiger partial charge in [-0.2, -0.15) is 0 Å². The zero-order valence-corrected chi connectivity index (χ0v) is 16.4. The lowest BCUT2D eigenvalue weighted by molar-refractivity contribution is 0.343. The maximum atomic E-state index is 12.9. The zero-order valence-electron chi connectivity index (χ0n) is 15.6. The highest BCUT2D eigenvalue weighted by atomic mass is 32.2. The fraction of sp³-hybridized carbons (Fsp3) is 0.300. The summed E-state index contributed by atoms with van der Waals surface area (Å²) < 4.78 is 25.9. The van der Waals surface area contributed by atoms with Crippen LogP contribution in [0.1, 0.15) is 19.9 Å². The summed E-state index contributed by atoms with van der Waals surface area (Å²) in [5.74, 6) is 2.73. The van der Waals surface area contributed by atoms with Gasteiger partial charge in [0.15, 0.2) is 11.0 Å². The van der Waals surface area contributed by atoms with Gasteiger partial charge in [0, 0.05) is 17.4 Å². The molecule has 0 radical (unpaired) electrons. The van der Waals surface area contributed by atoms with Crippen LogP contribution in [0.5, 0.6) is 11.5 Å². The number of aromatic nitrogens is 3. The molecule has 1 aromatic heterocycles. The third-order valence-corrected chi connectivity index (χ3v) is 4.83. The third kappa shape index (κ3) is 4.80. The van der Waals surface area contributed by atoms with Crippen molar-refractivity contribution in [2.24, 2.45) is 0 Å². The molecule has 27 heavy (non-hydrogen) atoms. The van der Waals surface area contributed by atoms with Crippen molar-refractivity contribution >= 4 is 11.8 Å². The molecule has 3 rings (SSSR count). The predicted octanol–water partition coefficient (Wildman–Crippen LogP) is 4.84. The average molecular weight is 387 g/mol. The summed E-state index contributed by atoms with van der Waals surface area (Å²) in [5, 5.41) is 9.58. The molecule has 0 unspecified atom stereocenters. The van der Waals surface area contributed by atoms with Crippen LogP contribution in [0.3, 0.4) is 0 Å². The molecule has 0 atom stereocenters. The summed E-state index contributed by atoms with van der Waals surface area (Å²) in [6.45, 7) is 4.71. The van der Waals surface area contributed by atoms with Crippen LogP contribution < -0.4 is 9.47 Å². The van der Waals surface area contributed by atoms with Crippen molar-refractivity contribution in [1.29, 1.82) is 0 Å². The number of hydrogen-bond donors (Lipinski definition) is 0. The van der Waals surface area contributed by atoms with E-state index < -0.39 is 0 Å². The minimum absolute atomic E-state index is 0.220. The zero-order chi connectivity index (χ0) is 19.2. The van der Waals surface area contributed by atoms with Crippen LogP contribution in [0.25, 0.3) is 11.4 Å². The Morgan fingerprint density at radius 2 is 1.67 bits per heavy atom. The lowest BCUT2D eigenvalue weighted by atomic mass is 10.2. The van der Waals surface area contributed by atoms with Crippen LogP contribution >= 0.6 is 11.8 Å². The molecule has 0 aliphatic heterocycles. The Labute approximate surface area is 162 Å². The molecule has 0 N–H and O–H groups in total. The van der Waals surface area contributed by atoms with Crippen molar-refractivity contribution < 1.29 is 13.9 Å². The number of thioether (sulfide) groups is 1. The van der Waals surface area contributed by atoms with Gasteiger partial charge in [-0.1, -0.05) is 11.8 Å². The highest BCUT2D eigenvalue weighted by molar-refractivity contribution is 7.99. The van der Waals surface area contributed by atoms with Gasteiger partial charge in [-0.05, 0) is 62.4 Å². The summed E-state index contributed by atoms with van der Waals surface area (Å²) in [5.41, 5.74) is 0.992. The van der Waals surface area contributed by atoms with Gasteiger partial charge >= 0.3 is 0 Å². The minimum atomic E-state index is -0.271. The lowest BCUT2D eigenvalue weighted by Gasteiger charge is -2.14. The number of methoxy groups -OCH3 is 1. The lowest BCUT2D eigenvalue weighted by Crippen LogP contribution is -2.07. The molecule has 2 aromatic carbocycles. The van der Waals surface area contributed by atoms with E-state index in [1.807, 2.05) is 24.3 Å². The molecule has 7 heteroatoms. The van der Waals surface area contributed by atoms with Gasteiger partial charge in [-0.15, -0.1) is 10.2 Å². The van der Waals surface area contributed by atoms with Crippen molar-refractivity contribution in [3.63, 3.8) is 0 Å². The molecule has 0 aliphatic carbocycles. The molecule has 0 bridgehead atoms. The van der Waals surface area contributed by atoms with E-state index in [1.54, 1.807) is 31.0 Å². The molecular weight excluding hydrogens is 365 g/mol. The number of hydrogen-bond acceptors (Lipinski definition) is 5. The number of halogens is 1. The Balaban J connectivity index is 1.66. The van der Waals surface area contributed by atoms with E-state index in [0.29, 0.717) is 18.1 Å². The van der Waals surface area contributed by atoms with Crippen molar-refractivity contribution in [3.8, 4) is 22.9 Å². The fourth-order valence-electron chi connectivity index (χ4n) is 2.60. The predicted molar refractivity (Wildman–Crippen MR) is 105 cm³/mol. The first kappa shape index (κ1) is 19.2. The van der Waals surface area contributed by atoms with Crippen molar-refractivity contribution in [2.75, 3.05) is 19.5 Å². The molecule has 0 amide bonds. The maximum Gasteiger partial charge on any atom is 0.191 e. The van der Waals surface area contributed by atoms with Gasteiger partial charge < -0.3 is 9.47 Å². The van der Waals surface area contributed by atoms with Gasteiger partial charge in [-0.25, -0.2) is 4.39 Å². The van der Waals surface area contributed by atoms with Crippen molar-refractivity contribution in [3.05, 3.63) is 54.3 Å². The first-order valence-corrected chi connectivity index (χ1v) is 9.67. The summed E-state index contributed by atoms with van der Waals surface area (Å²) in [6, 6.07) is 14.0. The quantitative estimate of drug-likeness (QED) is 0.409. The van der Waals surface area contributed by atoms with Gasteiger partial charge in [0.2, 0.25) is 0 Å². The number of rotatable bonds is 8. The highest BCUT2D eigenvalue weighted by Crippen LogP contribution is 2.28. The smallest absolute Gasteiger partial charge is 0.191 e. The van der Waals surface area contributed by atoms with Crippen LogP contribution in [-0.4, -0.2) is 34.2 Å². The molecule has 0 saturated carbocycles. The van der Waals surface area contributed by atoms with E-state index in [1.165, 1.54) is 12.1 Å². The molecule has 3 aromatic rings. The molecular formula is C20H22FN3O2S. The minimum Gasteiger partial charge on any atom is -0.497 e. The second-order valence-electron chi connectivity index (χ2n) is 6.15. The molecule has 1 heterocycles. The standard InChI is InChI=1S/C20H22FN3O2S/c1-14(2)24-19(15-4-8-17(25-3)9-5-15)22-23-20(24)27-13-12-26-18-10-6-16(21)7-11-18/h4-11,14H,12-13H2,1-3H3. The van der Waals surface area contributed by atoms with E-state index in [2.05, 4.69) is 28.6 Å². The monoisotopic (exact) mass is 387 g/mol. The summed E-state index contributed by atoms with van der Waals surface area (Å²) in [7, 11) is 1.65. The van der Waals surface area contributed by atoms with E-state index >= 15 is 0 Å². The third-order valence-electron chi connectivity index (χ3n) is 3.93. The topological polar surface area (TPSA) is 49.2 Å². The van der Waals surface area contributed by atoms with E-state index in [4.69, 9.17) is 9.47 Å². The molecule has 0 saturated heterocycles. The van der Waals surface area contributed by atoms with Gasteiger partial charge in [0.1, 0.15) is 17.3 Å². The van der Waals surface area contributed by atoms with E-state index in [-0.39, 0.29) is 11.9 Å². The van der Waals surface area contributed by atoms with Crippen LogP contribution in [0.15, 0.2) is 53.7 Å². The number of benzene rings is 2. The summed E-state index contributed by atoms with van der Waals surface area (Å²) >= 11 is 1.59. The molecule has 0 aliphatic rings. The molecule has 142 valence electrons. The van der Waals surface area contributed by atoms with E-state index in [0.717, 1.165) is 22.3 Å². The van der Waals surface area contributed by atoms with E-state index in [9.17, 15) is 4.39 Å². The van der Waals surface area contributed by atoms with Crippen molar-refractivity contribution in [1.82, 2.24) is 14.8 Å². The van der Waals surface area contributed by atoms with Crippen LogP contribution in [-0.2, 0) is 0 Å². The Kier molecular flexibility index (Phi) is 6.34. The maximum absolute atomic E-state index is 12.9. The van der Waals surface area contributed by atoms with Crippen LogP contribution in [0.2, 0.25) is 0 Å². The van der Waals surface area contributed by atoms with Crippen LogP contribution in [0.4, 0.5) is 4.39 Å². The Morgan fingerprint density at radius 3 is 2.30 bits per heavy atom. The SMILES string of the molecule is COc1ccc(-c2nnc(SCCOc3ccc(F)cc3)n2C(C)C)cc1. The largest absolute Gasteiger partial charge is 0.497 e. The second kappa shape index (κ2) is 8.90. The van der Waals surface area contributed by atoms with Gasteiger partial charge in [0.25, 0.3) is 0 Å². The Morgan fingerprint density at radius 1 is 1.00 bits per heavy atom. The average Bonchev–Trinajstić information content (AvgIpc) is 3.11.